The van der Waals surface area contributed by atoms with E-state index >= 15 is 0 Å². The van der Waals surface area contributed by atoms with Crippen molar-refractivity contribution in [2.45, 2.75) is 49.9 Å². The van der Waals surface area contributed by atoms with Crippen molar-refractivity contribution < 1.29 is 14.7 Å². The molecule has 5 heteroatoms. The van der Waals surface area contributed by atoms with Crippen LogP contribution >= 0.6 is 0 Å². The zero-order valence-corrected chi connectivity index (χ0v) is 19.1. The molecule has 6 rings (SSSR count). The quantitative estimate of drug-likeness (QED) is 0.554. The number of carbonyl (C=O) groups excluding carboxylic acids is 1. The summed E-state index contributed by atoms with van der Waals surface area (Å²) in [5, 5.41) is 13.9. The first-order chi connectivity index (χ1) is 16.6. The van der Waals surface area contributed by atoms with E-state index in [1.54, 1.807) is 4.90 Å². The second-order valence-corrected chi connectivity index (χ2v) is 9.39. The maximum atomic E-state index is 14.1. The van der Waals surface area contributed by atoms with Gasteiger partial charge in [0.05, 0.1) is 5.92 Å². The number of carbonyl (C=O) groups is 2. The topological polar surface area (TPSA) is 69.6 Å². The summed E-state index contributed by atoms with van der Waals surface area (Å²) in [4.78, 5) is 28.4. The van der Waals surface area contributed by atoms with Crippen LogP contribution in [-0.4, -0.2) is 40.0 Å². The Morgan fingerprint density at radius 3 is 1.97 bits per heavy atom. The van der Waals surface area contributed by atoms with Gasteiger partial charge in [-0.1, -0.05) is 91.0 Å². The Balaban J connectivity index is 1.43. The molecule has 3 aliphatic rings. The average molecular weight is 455 g/mol. The van der Waals surface area contributed by atoms with Crippen LogP contribution in [0, 0.1) is 5.92 Å². The van der Waals surface area contributed by atoms with E-state index < -0.39 is 17.9 Å². The first kappa shape index (κ1) is 22.4. The number of amides is 1. The summed E-state index contributed by atoms with van der Waals surface area (Å²) in [5.41, 5.74) is 2.96. The molecule has 3 fully saturated rings. The lowest BCUT2D eigenvalue weighted by molar-refractivity contribution is -0.165. The molecule has 1 aliphatic carbocycles. The molecular weight excluding hydrogens is 424 g/mol. The Morgan fingerprint density at radius 2 is 1.41 bits per heavy atom. The fraction of sp³-hybridized carbons (Fsp3) is 0.310. The van der Waals surface area contributed by atoms with E-state index in [1.807, 2.05) is 78.9 Å². The molecule has 34 heavy (non-hydrogen) atoms. The van der Waals surface area contributed by atoms with Crippen molar-refractivity contribution in [1.82, 2.24) is 10.2 Å². The van der Waals surface area contributed by atoms with Crippen molar-refractivity contribution in [1.29, 1.82) is 0 Å². The van der Waals surface area contributed by atoms with E-state index in [0.717, 1.165) is 30.4 Å². The first-order valence-corrected chi connectivity index (χ1v) is 12.1. The lowest BCUT2D eigenvalue weighted by atomic mass is 9.70. The number of carboxylic acids is 1. The number of rotatable bonds is 7. The predicted octanol–water partition coefficient (Wildman–Crippen LogP) is 4.44. The molecule has 0 spiro atoms. The van der Waals surface area contributed by atoms with Gasteiger partial charge < -0.3 is 15.3 Å². The maximum Gasteiger partial charge on any atom is 0.326 e. The summed E-state index contributed by atoms with van der Waals surface area (Å²) in [7, 11) is 0. The van der Waals surface area contributed by atoms with Gasteiger partial charge in [-0.2, -0.15) is 0 Å². The third kappa shape index (κ3) is 4.36. The molecule has 2 bridgehead atoms. The van der Waals surface area contributed by atoms with Gasteiger partial charge in [0.1, 0.15) is 6.04 Å². The van der Waals surface area contributed by atoms with Gasteiger partial charge in [0.2, 0.25) is 5.91 Å². The van der Waals surface area contributed by atoms with Crippen LogP contribution in [0.1, 0.15) is 41.9 Å². The zero-order chi connectivity index (χ0) is 23.5. The lowest BCUT2D eigenvalue weighted by Gasteiger charge is -2.54. The minimum atomic E-state index is -0.908. The lowest BCUT2D eigenvalue weighted by Crippen LogP contribution is -2.67. The number of nitrogens with one attached hydrogen (secondary N) is 1. The Bertz CT molecular complexity index is 1080. The third-order valence-corrected chi connectivity index (χ3v) is 7.41. The van der Waals surface area contributed by atoms with Gasteiger partial charge in [-0.05, 0) is 36.0 Å². The molecule has 1 amide bonds. The number of aliphatic carboxylic acids is 1. The molecule has 174 valence electrons. The highest BCUT2D eigenvalue weighted by molar-refractivity contribution is 5.91. The monoisotopic (exact) mass is 454 g/mol. The van der Waals surface area contributed by atoms with Gasteiger partial charge >= 0.3 is 5.97 Å². The SMILES string of the molecule is O=C(O)[C@H]1[C@@H]2CC[C@@H](CC2NCc2ccccc2)N1C(=O)C(c1ccccc1)c1ccccc1. The number of benzene rings is 3. The van der Waals surface area contributed by atoms with E-state index in [-0.39, 0.29) is 23.9 Å². The number of piperidine rings is 2. The minimum Gasteiger partial charge on any atom is -0.480 e. The average Bonchev–Trinajstić information content (AvgIpc) is 2.89. The highest BCUT2D eigenvalue weighted by Gasteiger charge is 2.53. The molecule has 3 aromatic carbocycles. The van der Waals surface area contributed by atoms with E-state index in [0.29, 0.717) is 6.54 Å². The van der Waals surface area contributed by atoms with Crippen LogP contribution < -0.4 is 5.32 Å². The fourth-order valence-electron chi connectivity index (χ4n) is 5.85. The van der Waals surface area contributed by atoms with Crippen molar-refractivity contribution in [2.24, 2.45) is 5.92 Å². The summed E-state index contributed by atoms with van der Waals surface area (Å²) in [5.74, 6) is -1.64. The summed E-state index contributed by atoms with van der Waals surface area (Å²) >= 11 is 0. The number of fused-ring (bicyclic) bond motifs is 3. The summed E-state index contributed by atoms with van der Waals surface area (Å²) in [6.07, 6.45) is 2.45. The summed E-state index contributed by atoms with van der Waals surface area (Å²) < 4.78 is 0. The van der Waals surface area contributed by atoms with Gasteiger partial charge in [0.15, 0.2) is 0 Å². The predicted molar refractivity (Wildman–Crippen MR) is 131 cm³/mol. The minimum absolute atomic E-state index is 0.0796. The first-order valence-electron chi connectivity index (χ1n) is 12.1. The molecule has 5 nitrogen and oxygen atoms in total. The highest BCUT2D eigenvalue weighted by Crippen LogP contribution is 2.42. The number of carboxylic acid groups (broad SMARTS) is 1. The highest BCUT2D eigenvalue weighted by atomic mass is 16.4. The fourth-order valence-corrected chi connectivity index (χ4v) is 5.85. The van der Waals surface area contributed by atoms with Crippen molar-refractivity contribution in [3.63, 3.8) is 0 Å². The standard InChI is InChI=1S/C29H30N2O3/c32-28(26(21-12-6-2-7-13-21)22-14-8-3-9-15-22)31-23-16-17-24(27(31)29(33)34)25(18-23)30-19-20-10-4-1-5-11-20/h1-15,23-27,30H,16-19H2,(H,33,34)/t23-,24+,25?,27+/m0/s1. The van der Waals surface area contributed by atoms with Crippen molar-refractivity contribution in [2.75, 3.05) is 0 Å². The van der Waals surface area contributed by atoms with Gasteiger partial charge in [0.25, 0.3) is 0 Å². The number of nitrogens with zero attached hydrogens (tertiary/aromatic N) is 1. The van der Waals surface area contributed by atoms with Crippen LogP contribution in [0.2, 0.25) is 0 Å². The van der Waals surface area contributed by atoms with Crippen LogP contribution in [0.5, 0.6) is 0 Å². The van der Waals surface area contributed by atoms with Crippen LogP contribution in [-0.2, 0) is 16.1 Å². The van der Waals surface area contributed by atoms with E-state index in [1.165, 1.54) is 5.56 Å². The van der Waals surface area contributed by atoms with Gasteiger partial charge in [-0.3, -0.25) is 4.79 Å². The molecular formula is C29H30N2O3. The van der Waals surface area contributed by atoms with Crippen LogP contribution in [0.3, 0.4) is 0 Å². The molecule has 1 saturated carbocycles. The van der Waals surface area contributed by atoms with Crippen molar-refractivity contribution >= 4 is 11.9 Å². The van der Waals surface area contributed by atoms with Gasteiger partial charge in [-0.15, -0.1) is 0 Å². The molecule has 3 aromatic rings. The molecule has 2 N–H and O–H groups in total. The Labute approximate surface area is 200 Å². The van der Waals surface area contributed by atoms with Crippen molar-refractivity contribution in [3.8, 4) is 0 Å². The number of hydrogen-bond acceptors (Lipinski definition) is 3. The molecule has 0 aromatic heterocycles. The van der Waals surface area contributed by atoms with Gasteiger partial charge in [0, 0.05) is 24.5 Å². The van der Waals surface area contributed by atoms with Crippen LogP contribution in [0.25, 0.3) is 0 Å². The molecule has 2 saturated heterocycles. The maximum absolute atomic E-state index is 14.1. The molecule has 0 radical (unpaired) electrons. The molecule has 2 aliphatic heterocycles. The third-order valence-electron chi connectivity index (χ3n) is 7.41. The summed E-state index contributed by atoms with van der Waals surface area (Å²) in [6.45, 7) is 0.700. The second-order valence-electron chi connectivity index (χ2n) is 9.39. The zero-order valence-electron chi connectivity index (χ0n) is 19.1. The Kier molecular flexibility index (Phi) is 6.45. The molecule has 1 unspecified atom stereocenters. The van der Waals surface area contributed by atoms with Crippen LogP contribution in [0.4, 0.5) is 0 Å². The number of hydrogen-bond donors (Lipinski definition) is 2. The normalized spacial score (nSPS) is 23.7. The molecule has 4 atom stereocenters. The Morgan fingerprint density at radius 1 is 0.853 bits per heavy atom. The largest absolute Gasteiger partial charge is 0.480 e. The Hall–Kier alpha value is -3.44. The van der Waals surface area contributed by atoms with E-state index in [2.05, 4.69) is 17.4 Å². The van der Waals surface area contributed by atoms with Crippen LogP contribution in [0.15, 0.2) is 91.0 Å². The van der Waals surface area contributed by atoms with E-state index in [4.69, 9.17) is 0 Å². The smallest absolute Gasteiger partial charge is 0.326 e. The summed E-state index contributed by atoms with van der Waals surface area (Å²) in [6, 6.07) is 28.7. The second kappa shape index (κ2) is 9.82. The van der Waals surface area contributed by atoms with E-state index in [9.17, 15) is 14.7 Å². The van der Waals surface area contributed by atoms with Crippen molar-refractivity contribution in [3.05, 3.63) is 108 Å². The molecule has 2 heterocycles. The van der Waals surface area contributed by atoms with Gasteiger partial charge in [-0.25, -0.2) is 4.79 Å².